The highest BCUT2D eigenvalue weighted by atomic mass is 32.2. The SMILES string of the molecule is CC(C)(C)OC(=O)Nc1cc(=O)n(-c2ccccc2)c2nc(S(C)(=O)=O)ncc12. The van der Waals surface area contributed by atoms with Crippen molar-refractivity contribution in [3.05, 3.63) is 52.9 Å². The Labute approximate surface area is 167 Å². The molecule has 1 amide bonds. The molecule has 29 heavy (non-hydrogen) atoms. The van der Waals surface area contributed by atoms with Gasteiger partial charge in [0.15, 0.2) is 5.65 Å². The molecule has 3 rings (SSSR count). The predicted octanol–water partition coefficient (Wildman–Crippen LogP) is 2.53. The molecule has 0 aliphatic carbocycles. The largest absolute Gasteiger partial charge is 0.444 e. The van der Waals surface area contributed by atoms with Crippen LogP contribution in [0.4, 0.5) is 10.5 Å². The third-order valence-electron chi connectivity index (χ3n) is 3.72. The summed E-state index contributed by atoms with van der Waals surface area (Å²) in [7, 11) is -3.72. The van der Waals surface area contributed by atoms with E-state index >= 15 is 0 Å². The fourth-order valence-electron chi connectivity index (χ4n) is 2.61. The molecule has 0 unspecified atom stereocenters. The van der Waals surface area contributed by atoms with E-state index in [0.29, 0.717) is 5.69 Å². The number of anilines is 1. The first-order valence-electron chi connectivity index (χ1n) is 8.64. The molecule has 10 heteroatoms. The van der Waals surface area contributed by atoms with Crippen molar-refractivity contribution in [3.8, 4) is 5.69 Å². The van der Waals surface area contributed by atoms with E-state index in [1.54, 1.807) is 51.1 Å². The second kappa shape index (κ2) is 7.28. The molecule has 0 saturated heterocycles. The van der Waals surface area contributed by atoms with Gasteiger partial charge in [0, 0.05) is 18.5 Å². The maximum absolute atomic E-state index is 12.8. The van der Waals surface area contributed by atoms with E-state index in [1.165, 1.54) is 16.8 Å². The Hall–Kier alpha value is -3.27. The van der Waals surface area contributed by atoms with Crippen LogP contribution in [0.3, 0.4) is 0 Å². The van der Waals surface area contributed by atoms with E-state index in [0.717, 1.165) is 6.26 Å². The van der Waals surface area contributed by atoms with E-state index in [1.807, 2.05) is 0 Å². The van der Waals surface area contributed by atoms with E-state index in [9.17, 15) is 18.0 Å². The standard InChI is InChI=1S/C19H20N4O5S/c1-19(2,3)28-18(25)21-14-10-15(24)23(12-8-6-5-7-9-12)16-13(14)11-20-17(22-16)29(4,26)27/h5-11H,1-4H3,(H,21,25). The molecule has 0 aliphatic rings. The molecule has 1 N–H and O–H groups in total. The molecule has 0 fully saturated rings. The Bertz CT molecular complexity index is 1250. The summed E-state index contributed by atoms with van der Waals surface area (Å²) in [5, 5.41) is 2.37. The molecule has 0 spiro atoms. The lowest BCUT2D eigenvalue weighted by Gasteiger charge is -2.20. The lowest BCUT2D eigenvalue weighted by atomic mass is 10.2. The van der Waals surface area contributed by atoms with Crippen LogP contribution in [0.2, 0.25) is 0 Å². The third kappa shape index (κ3) is 4.60. The van der Waals surface area contributed by atoms with Crippen LogP contribution in [0.1, 0.15) is 20.8 Å². The monoisotopic (exact) mass is 416 g/mol. The van der Waals surface area contributed by atoms with Crippen molar-refractivity contribution in [2.75, 3.05) is 11.6 Å². The summed E-state index contributed by atoms with van der Waals surface area (Å²) >= 11 is 0. The van der Waals surface area contributed by atoms with Crippen LogP contribution in [-0.2, 0) is 14.6 Å². The summed E-state index contributed by atoms with van der Waals surface area (Å²) in [6.07, 6.45) is 1.47. The molecule has 0 radical (unpaired) electrons. The van der Waals surface area contributed by atoms with Gasteiger partial charge in [-0.1, -0.05) is 18.2 Å². The highest BCUT2D eigenvalue weighted by Crippen LogP contribution is 2.23. The van der Waals surface area contributed by atoms with Crippen LogP contribution in [0.15, 0.2) is 52.5 Å². The number of nitrogens with zero attached hydrogens (tertiary/aromatic N) is 3. The van der Waals surface area contributed by atoms with E-state index < -0.39 is 32.2 Å². The smallest absolute Gasteiger partial charge is 0.412 e. The van der Waals surface area contributed by atoms with Crippen LogP contribution in [0.25, 0.3) is 16.7 Å². The summed E-state index contributed by atoms with van der Waals surface area (Å²) < 4.78 is 30.3. The summed E-state index contributed by atoms with van der Waals surface area (Å²) in [5.41, 5.74) is -0.590. The summed E-state index contributed by atoms with van der Waals surface area (Å²) in [4.78, 5) is 33.0. The first-order chi connectivity index (χ1) is 13.5. The minimum Gasteiger partial charge on any atom is -0.444 e. The molecule has 3 aromatic rings. The van der Waals surface area contributed by atoms with Crippen LogP contribution >= 0.6 is 0 Å². The number of hydrogen-bond acceptors (Lipinski definition) is 7. The molecule has 0 bridgehead atoms. The number of amides is 1. The van der Waals surface area contributed by atoms with Crippen molar-refractivity contribution in [2.24, 2.45) is 0 Å². The lowest BCUT2D eigenvalue weighted by Crippen LogP contribution is -2.28. The molecule has 152 valence electrons. The second-order valence-corrected chi connectivity index (χ2v) is 9.27. The van der Waals surface area contributed by atoms with Gasteiger partial charge >= 0.3 is 6.09 Å². The van der Waals surface area contributed by atoms with Gasteiger partial charge < -0.3 is 4.74 Å². The predicted molar refractivity (Wildman–Crippen MR) is 108 cm³/mol. The van der Waals surface area contributed by atoms with Crippen molar-refractivity contribution >= 4 is 32.7 Å². The van der Waals surface area contributed by atoms with E-state index in [-0.39, 0.29) is 16.7 Å². The number of fused-ring (bicyclic) bond motifs is 1. The number of sulfone groups is 1. The van der Waals surface area contributed by atoms with E-state index in [2.05, 4.69) is 15.3 Å². The number of ether oxygens (including phenoxy) is 1. The molecule has 9 nitrogen and oxygen atoms in total. The number of benzene rings is 1. The molecule has 0 atom stereocenters. The zero-order chi connectivity index (χ0) is 21.4. The van der Waals surface area contributed by atoms with Gasteiger partial charge in [0.25, 0.3) is 5.56 Å². The van der Waals surface area contributed by atoms with Crippen molar-refractivity contribution in [3.63, 3.8) is 0 Å². The quantitative estimate of drug-likeness (QED) is 0.651. The summed E-state index contributed by atoms with van der Waals surface area (Å²) in [6.45, 7) is 5.12. The van der Waals surface area contributed by atoms with Gasteiger partial charge in [0.2, 0.25) is 15.0 Å². The third-order valence-corrected chi connectivity index (χ3v) is 4.58. The zero-order valence-corrected chi connectivity index (χ0v) is 17.1. The van der Waals surface area contributed by atoms with Crippen LogP contribution in [0.5, 0.6) is 0 Å². The Balaban J connectivity index is 2.26. The van der Waals surface area contributed by atoms with Gasteiger partial charge in [0.05, 0.1) is 16.8 Å². The topological polar surface area (TPSA) is 120 Å². The number of carbonyl (C=O) groups excluding carboxylic acids is 1. The highest BCUT2D eigenvalue weighted by Gasteiger charge is 2.21. The average Bonchev–Trinajstić information content (AvgIpc) is 2.59. The van der Waals surface area contributed by atoms with Gasteiger partial charge in [0.1, 0.15) is 5.60 Å². The molecule has 0 saturated carbocycles. The first kappa shape index (κ1) is 20.5. The van der Waals surface area contributed by atoms with Crippen molar-refractivity contribution in [1.29, 1.82) is 0 Å². The minimum absolute atomic E-state index is 0.0465. The molecule has 0 aliphatic heterocycles. The normalized spacial score (nSPS) is 12.0. The number of para-hydroxylation sites is 1. The van der Waals surface area contributed by atoms with Gasteiger partial charge in [-0.3, -0.25) is 14.7 Å². The maximum Gasteiger partial charge on any atom is 0.412 e. The molecular formula is C19H20N4O5S. The number of rotatable bonds is 3. The Kier molecular flexibility index (Phi) is 5.14. The van der Waals surface area contributed by atoms with Crippen molar-refractivity contribution < 1.29 is 17.9 Å². The van der Waals surface area contributed by atoms with Crippen LogP contribution in [0, 0.1) is 0 Å². The Morgan fingerprint density at radius 2 is 1.83 bits per heavy atom. The zero-order valence-electron chi connectivity index (χ0n) is 16.3. The Morgan fingerprint density at radius 3 is 2.41 bits per heavy atom. The van der Waals surface area contributed by atoms with Gasteiger partial charge in [-0.2, -0.15) is 4.98 Å². The van der Waals surface area contributed by atoms with Crippen molar-refractivity contribution in [2.45, 2.75) is 31.5 Å². The summed E-state index contributed by atoms with van der Waals surface area (Å²) in [5.74, 6) is 0. The lowest BCUT2D eigenvalue weighted by molar-refractivity contribution is 0.0636. The fourth-order valence-corrected chi connectivity index (χ4v) is 3.11. The number of nitrogens with one attached hydrogen (secondary N) is 1. The fraction of sp³-hybridized carbons (Fsp3) is 0.263. The van der Waals surface area contributed by atoms with Crippen LogP contribution in [-0.4, -0.2) is 40.9 Å². The van der Waals surface area contributed by atoms with Gasteiger partial charge in [-0.15, -0.1) is 0 Å². The minimum atomic E-state index is -3.72. The number of carbonyl (C=O) groups is 1. The first-order valence-corrected chi connectivity index (χ1v) is 10.5. The molecule has 2 heterocycles. The second-order valence-electron chi connectivity index (χ2n) is 7.36. The molecular weight excluding hydrogens is 396 g/mol. The Morgan fingerprint density at radius 1 is 1.17 bits per heavy atom. The number of pyridine rings is 1. The average molecular weight is 416 g/mol. The van der Waals surface area contributed by atoms with E-state index in [4.69, 9.17) is 4.74 Å². The van der Waals surface area contributed by atoms with Gasteiger partial charge in [-0.05, 0) is 32.9 Å². The molecule has 2 aromatic heterocycles. The molecule has 1 aromatic carbocycles. The van der Waals surface area contributed by atoms with Crippen molar-refractivity contribution in [1.82, 2.24) is 14.5 Å². The summed E-state index contributed by atoms with van der Waals surface area (Å²) in [6, 6.07) is 9.83. The maximum atomic E-state index is 12.8. The van der Waals surface area contributed by atoms with Crippen LogP contribution < -0.4 is 10.9 Å². The number of hydrogen-bond donors (Lipinski definition) is 1. The highest BCUT2D eigenvalue weighted by molar-refractivity contribution is 7.90. The number of aromatic nitrogens is 3. The van der Waals surface area contributed by atoms with Gasteiger partial charge in [-0.25, -0.2) is 18.2 Å².